The molecule has 0 unspecified atom stereocenters. The van der Waals surface area contributed by atoms with Crippen molar-refractivity contribution in [1.82, 2.24) is 0 Å². The molecule has 2 N–H and O–H groups in total. The largest absolute Gasteiger partial charge is 0.497 e. The third-order valence-electron chi connectivity index (χ3n) is 5.88. The second kappa shape index (κ2) is 11.2. The molecule has 0 amide bonds. The van der Waals surface area contributed by atoms with Crippen LogP contribution in [0.2, 0.25) is 0 Å². The average Bonchev–Trinajstić information content (AvgIpc) is 2.86. The quantitative estimate of drug-likeness (QED) is 0.340. The zero-order chi connectivity index (χ0) is 22.0. The van der Waals surface area contributed by atoms with Crippen LogP contribution in [0.15, 0.2) is 97.1 Å². The fourth-order valence-corrected chi connectivity index (χ4v) is 4.13. The highest BCUT2D eigenvalue weighted by Crippen LogP contribution is 2.23. The number of hydrogen-bond donors (Lipinski definition) is 2. The van der Waals surface area contributed by atoms with Crippen molar-refractivity contribution in [2.75, 3.05) is 17.7 Å². The molecule has 0 radical (unpaired) electrons. The molecule has 4 aromatic rings. The van der Waals surface area contributed by atoms with E-state index in [1.165, 1.54) is 48.6 Å². The molecule has 1 aliphatic rings. The summed E-state index contributed by atoms with van der Waals surface area (Å²) in [6, 6.07) is 33.9. The van der Waals surface area contributed by atoms with Crippen molar-refractivity contribution in [1.29, 1.82) is 0 Å². The van der Waals surface area contributed by atoms with Crippen LogP contribution in [-0.4, -0.2) is 13.2 Å². The Morgan fingerprint density at radius 2 is 1.28 bits per heavy atom. The van der Waals surface area contributed by atoms with Crippen LogP contribution >= 0.6 is 0 Å². The van der Waals surface area contributed by atoms with Crippen molar-refractivity contribution in [2.45, 2.75) is 38.1 Å². The van der Waals surface area contributed by atoms with Crippen molar-refractivity contribution in [3.63, 3.8) is 0 Å². The Labute approximate surface area is 191 Å². The van der Waals surface area contributed by atoms with E-state index in [1.54, 1.807) is 7.11 Å². The Bertz CT molecular complexity index is 1090. The number of nitrogens with one attached hydrogen (secondary N) is 2. The number of ether oxygens (including phenoxy) is 1. The molecule has 0 spiro atoms. The summed E-state index contributed by atoms with van der Waals surface area (Å²) in [6.07, 6.45) is 6.76. The molecule has 0 bridgehead atoms. The third-order valence-corrected chi connectivity index (χ3v) is 5.88. The lowest BCUT2D eigenvalue weighted by atomic mass is 9.95. The summed E-state index contributed by atoms with van der Waals surface area (Å²) < 4.78 is 5.13. The van der Waals surface area contributed by atoms with Crippen LogP contribution in [0, 0.1) is 0 Å². The van der Waals surface area contributed by atoms with Crippen molar-refractivity contribution in [3.05, 3.63) is 97.1 Å². The molecular weight excluding hydrogens is 392 g/mol. The van der Waals surface area contributed by atoms with Crippen LogP contribution in [0.4, 0.5) is 17.1 Å². The van der Waals surface area contributed by atoms with E-state index in [4.69, 9.17) is 4.74 Å². The molecule has 0 aromatic heterocycles. The van der Waals surface area contributed by atoms with E-state index >= 15 is 0 Å². The Hall–Kier alpha value is -3.46. The zero-order valence-electron chi connectivity index (χ0n) is 18.8. The van der Waals surface area contributed by atoms with Crippen LogP contribution in [0.25, 0.3) is 10.8 Å². The number of methoxy groups -OCH3 is 1. The van der Waals surface area contributed by atoms with Crippen molar-refractivity contribution >= 4 is 27.8 Å². The molecule has 3 nitrogen and oxygen atoms in total. The van der Waals surface area contributed by atoms with Crippen LogP contribution < -0.4 is 15.4 Å². The SMILES string of the molecule is COc1ccc(NC2CCCCC2)cc1.c1ccc(Nc2ccc3ccccc3c2)cc1. The van der Waals surface area contributed by atoms with Crippen molar-refractivity contribution in [2.24, 2.45) is 0 Å². The predicted octanol–water partition coefficient (Wildman–Crippen LogP) is 8.02. The summed E-state index contributed by atoms with van der Waals surface area (Å²) in [5, 5.41) is 9.50. The van der Waals surface area contributed by atoms with Crippen molar-refractivity contribution in [3.8, 4) is 5.75 Å². The molecule has 0 heterocycles. The first-order chi connectivity index (χ1) is 15.8. The number of benzene rings is 4. The topological polar surface area (TPSA) is 33.3 Å². The number of para-hydroxylation sites is 1. The minimum Gasteiger partial charge on any atom is -0.497 e. The van der Waals surface area contributed by atoms with Gasteiger partial charge in [0.15, 0.2) is 0 Å². The van der Waals surface area contributed by atoms with E-state index in [0.717, 1.165) is 17.1 Å². The van der Waals surface area contributed by atoms with Crippen LogP contribution in [0.3, 0.4) is 0 Å². The van der Waals surface area contributed by atoms with Gasteiger partial charge in [0.2, 0.25) is 0 Å². The molecule has 1 aliphatic carbocycles. The molecule has 0 atom stereocenters. The third kappa shape index (κ3) is 6.27. The van der Waals surface area contributed by atoms with Gasteiger partial charge >= 0.3 is 0 Å². The molecule has 0 aliphatic heterocycles. The molecule has 5 rings (SSSR count). The van der Waals surface area contributed by atoms with E-state index in [0.29, 0.717) is 6.04 Å². The maximum atomic E-state index is 5.13. The van der Waals surface area contributed by atoms with Gasteiger partial charge in [-0.15, -0.1) is 0 Å². The summed E-state index contributed by atoms with van der Waals surface area (Å²) >= 11 is 0. The molecule has 164 valence electrons. The van der Waals surface area contributed by atoms with Gasteiger partial charge in [-0.3, -0.25) is 0 Å². The molecule has 3 heteroatoms. The second-order valence-electron chi connectivity index (χ2n) is 8.26. The highest BCUT2D eigenvalue weighted by Gasteiger charge is 2.12. The molecular formula is C29H32N2O. The van der Waals surface area contributed by atoms with Gasteiger partial charge in [0, 0.05) is 23.1 Å². The number of hydrogen-bond acceptors (Lipinski definition) is 3. The van der Waals surface area contributed by atoms with Crippen LogP contribution in [0.5, 0.6) is 5.75 Å². The Kier molecular flexibility index (Phi) is 7.64. The minimum atomic E-state index is 0.673. The Morgan fingerprint density at radius 3 is 2.00 bits per heavy atom. The molecule has 4 aromatic carbocycles. The molecule has 1 saturated carbocycles. The fourth-order valence-electron chi connectivity index (χ4n) is 4.13. The van der Waals surface area contributed by atoms with Gasteiger partial charge in [-0.25, -0.2) is 0 Å². The Morgan fingerprint density at radius 1 is 0.625 bits per heavy atom. The van der Waals surface area contributed by atoms with Gasteiger partial charge in [0.1, 0.15) is 5.75 Å². The van der Waals surface area contributed by atoms with Gasteiger partial charge in [0.25, 0.3) is 0 Å². The number of anilines is 3. The smallest absolute Gasteiger partial charge is 0.119 e. The summed E-state index contributed by atoms with van der Waals surface area (Å²) in [4.78, 5) is 0. The van der Waals surface area contributed by atoms with E-state index in [9.17, 15) is 0 Å². The predicted molar refractivity (Wildman–Crippen MR) is 137 cm³/mol. The lowest BCUT2D eigenvalue weighted by molar-refractivity contribution is 0.414. The van der Waals surface area contributed by atoms with Crippen molar-refractivity contribution < 1.29 is 4.74 Å². The first-order valence-electron chi connectivity index (χ1n) is 11.5. The summed E-state index contributed by atoms with van der Waals surface area (Å²) in [6.45, 7) is 0. The van der Waals surface area contributed by atoms with Gasteiger partial charge in [0.05, 0.1) is 7.11 Å². The van der Waals surface area contributed by atoms with Gasteiger partial charge in [-0.1, -0.05) is 67.8 Å². The second-order valence-corrected chi connectivity index (χ2v) is 8.26. The minimum absolute atomic E-state index is 0.673. The van der Waals surface area contributed by atoms with Crippen LogP contribution in [0.1, 0.15) is 32.1 Å². The fraction of sp³-hybridized carbons (Fsp3) is 0.241. The van der Waals surface area contributed by atoms with Gasteiger partial charge in [-0.2, -0.15) is 0 Å². The van der Waals surface area contributed by atoms with Gasteiger partial charge in [-0.05, 0) is 72.1 Å². The highest BCUT2D eigenvalue weighted by atomic mass is 16.5. The van der Waals surface area contributed by atoms with Gasteiger partial charge < -0.3 is 15.4 Å². The number of rotatable bonds is 5. The Balaban J connectivity index is 0.000000155. The maximum Gasteiger partial charge on any atom is 0.119 e. The lowest BCUT2D eigenvalue weighted by Crippen LogP contribution is -2.22. The number of fused-ring (bicyclic) bond motifs is 1. The normalized spacial score (nSPS) is 13.7. The summed E-state index contributed by atoms with van der Waals surface area (Å²) in [5.74, 6) is 0.921. The standard InChI is InChI=1S/C16H13N.C13H19NO/c1-2-8-15(9-3-1)17-16-11-10-13-6-4-5-7-14(13)12-16;1-15-13-9-7-12(8-10-13)14-11-5-3-2-4-6-11/h1-12,17H;7-11,14H,2-6H2,1H3. The molecule has 1 fully saturated rings. The first kappa shape index (κ1) is 21.8. The molecule has 0 saturated heterocycles. The van der Waals surface area contributed by atoms with E-state index in [2.05, 4.69) is 77.4 Å². The highest BCUT2D eigenvalue weighted by molar-refractivity contribution is 5.86. The summed E-state index contributed by atoms with van der Waals surface area (Å²) in [7, 11) is 1.70. The molecule has 32 heavy (non-hydrogen) atoms. The maximum absolute atomic E-state index is 5.13. The monoisotopic (exact) mass is 424 g/mol. The van der Waals surface area contributed by atoms with E-state index in [-0.39, 0.29) is 0 Å². The van der Waals surface area contributed by atoms with Crippen LogP contribution in [-0.2, 0) is 0 Å². The van der Waals surface area contributed by atoms with E-state index in [1.807, 2.05) is 30.3 Å². The van der Waals surface area contributed by atoms with E-state index < -0.39 is 0 Å². The average molecular weight is 425 g/mol. The lowest BCUT2D eigenvalue weighted by Gasteiger charge is -2.23. The first-order valence-corrected chi connectivity index (χ1v) is 11.5. The zero-order valence-corrected chi connectivity index (χ0v) is 18.8. The summed E-state index contributed by atoms with van der Waals surface area (Å²) in [5.41, 5.74) is 3.44.